The van der Waals surface area contributed by atoms with Crippen LogP contribution in [0.15, 0.2) is 46.9 Å². The number of rotatable bonds is 6. The number of aryl methyl sites for hydroxylation is 1. The largest absolute Gasteiger partial charge is 0.497 e. The Kier molecular flexibility index (Phi) is 6.82. The summed E-state index contributed by atoms with van der Waals surface area (Å²) < 4.78 is 11.0. The average Bonchev–Trinajstić information content (AvgIpc) is 2.64. The van der Waals surface area contributed by atoms with Crippen molar-refractivity contribution in [2.45, 2.75) is 12.8 Å². The van der Waals surface area contributed by atoms with E-state index in [1.165, 1.54) is 0 Å². The molecule has 0 fully saturated rings. The van der Waals surface area contributed by atoms with E-state index in [-0.39, 0.29) is 18.2 Å². The van der Waals surface area contributed by atoms with E-state index in [0.29, 0.717) is 17.7 Å². The molecule has 2 aromatic carbocycles. The lowest BCUT2D eigenvalue weighted by Crippen LogP contribution is -2.41. The molecule has 0 saturated heterocycles. The van der Waals surface area contributed by atoms with Crippen LogP contribution in [-0.2, 0) is 11.2 Å². The van der Waals surface area contributed by atoms with Crippen molar-refractivity contribution in [1.82, 2.24) is 10.9 Å². The molecule has 0 unspecified atom stereocenters. The van der Waals surface area contributed by atoms with Gasteiger partial charge < -0.3 is 9.47 Å². The van der Waals surface area contributed by atoms with Gasteiger partial charge in [0.2, 0.25) is 5.91 Å². The number of methoxy groups -OCH3 is 2. The fraction of sp³-hybridized carbons (Fsp3) is 0.222. The zero-order valence-corrected chi connectivity index (χ0v) is 15.6. The molecular weight excluding hydrogens is 388 g/mol. The molecule has 7 heteroatoms. The molecule has 0 radical (unpaired) electrons. The molecule has 25 heavy (non-hydrogen) atoms. The summed E-state index contributed by atoms with van der Waals surface area (Å²) in [6.07, 6.45) is 0.800. The number of carbonyl (C=O) groups is 2. The molecule has 0 aliphatic heterocycles. The van der Waals surface area contributed by atoms with Crippen molar-refractivity contribution in [2.75, 3.05) is 14.2 Å². The molecule has 0 bridgehead atoms. The number of nitrogens with one attached hydrogen (secondary N) is 2. The summed E-state index contributed by atoms with van der Waals surface area (Å²) in [7, 11) is 3.15. The minimum absolute atomic E-state index is 0.252. The summed E-state index contributed by atoms with van der Waals surface area (Å²) in [5.74, 6) is 0.739. The van der Waals surface area contributed by atoms with Gasteiger partial charge in [-0.15, -0.1) is 0 Å². The SMILES string of the molecule is COc1ccc(C(=O)NNC(=O)CCc2ccc(OC)c(Br)c2)cc1. The van der Waals surface area contributed by atoms with Crippen molar-refractivity contribution in [3.05, 3.63) is 58.1 Å². The number of carbonyl (C=O) groups excluding carboxylic acids is 2. The predicted molar refractivity (Wildman–Crippen MR) is 97.6 cm³/mol. The topological polar surface area (TPSA) is 76.7 Å². The first-order valence-corrected chi connectivity index (χ1v) is 8.38. The van der Waals surface area contributed by atoms with Gasteiger partial charge in [-0.1, -0.05) is 6.07 Å². The number of amides is 2. The Morgan fingerprint density at radius 2 is 1.72 bits per heavy atom. The monoisotopic (exact) mass is 406 g/mol. The Labute approximate surface area is 154 Å². The van der Waals surface area contributed by atoms with E-state index in [2.05, 4.69) is 26.8 Å². The number of hydrazine groups is 1. The summed E-state index contributed by atoms with van der Waals surface area (Å²) in [5, 5.41) is 0. The molecule has 0 atom stereocenters. The summed E-state index contributed by atoms with van der Waals surface area (Å²) >= 11 is 3.41. The summed E-state index contributed by atoms with van der Waals surface area (Å²) in [6.45, 7) is 0. The lowest BCUT2D eigenvalue weighted by molar-refractivity contribution is -0.121. The Morgan fingerprint density at radius 1 is 1.00 bits per heavy atom. The molecular formula is C18H19BrN2O4. The quantitative estimate of drug-likeness (QED) is 0.723. The highest BCUT2D eigenvalue weighted by molar-refractivity contribution is 9.10. The first kappa shape index (κ1) is 18.8. The third kappa shape index (κ3) is 5.49. The second-order valence-electron chi connectivity index (χ2n) is 5.20. The van der Waals surface area contributed by atoms with Gasteiger partial charge in [0.15, 0.2) is 0 Å². The van der Waals surface area contributed by atoms with Crippen molar-refractivity contribution in [3.63, 3.8) is 0 Å². The number of hydrogen-bond donors (Lipinski definition) is 2. The van der Waals surface area contributed by atoms with Gasteiger partial charge in [-0.3, -0.25) is 20.4 Å². The summed E-state index contributed by atoms with van der Waals surface area (Å²) in [5.41, 5.74) is 6.23. The fourth-order valence-corrected chi connectivity index (χ4v) is 2.71. The number of halogens is 1. The van der Waals surface area contributed by atoms with Gasteiger partial charge in [0, 0.05) is 12.0 Å². The number of benzene rings is 2. The van der Waals surface area contributed by atoms with Crippen molar-refractivity contribution in [1.29, 1.82) is 0 Å². The van der Waals surface area contributed by atoms with E-state index in [1.807, 2.05) is 18.2 Å². The Morgan fingerprint density at radius 3 is 2.32 bits per heavy atom. The maximum Gasteiger partial charge on any atom is 0.269 e. The van der Waals surface area contributed by atoms with Gasteiger partial charge in [-0.25, -0.2) is 0 Å². The smallest absolute Gasteiger partial charge is 0.269 e. The fourth-order valence-electron chi connectivity index (χ4n) is 2.13. The number of ether oxygens (including phenoxy) is 2. The maximum atomic E-state index is 12.0. The molecule has 0 heterocycles. The van der Waals surface area contributed by atoms with Crippen LogP contribution >= 0.6 is 15.9 Å². The zero-order chi connectivity index (χ0) is 18.2. The van der Waals surface area contributed by atoms with Crippen LogP contribution in [0.25, 0.3) is 0 Å². The molecule has 0 spiro atoms. The normalized spacial score (nSPS) is 10.0. The maximum absolute atomic E-state index is 12.0. The van der Waals surface area contributed by atoms with E-state index in [1.54, 1.807) is 38.5 Å². The third-order valence-corrected chi connectivity index (χ3v) is 4.14. The van der Waals surface area contributed by atoms with Crippen LogP contribution in [0.3, 0.4) is 0 Å². The Hall–Kier alpha value is -2.54. The third-order valence-electron chi connectivity index (χ3n) is 3.52. The van der Waals surface area contributed by atoms with E-state index in [4.69, 9.17) is 9.47 Å². The molecule has 2 N–H and O–H groups in total. The van der Waals surface area contributed by atoms with Gasteiger partial charge in [0.25, 0.3) is 5.91 Å². The van der Waals surface area contributed by atoms with Gasteiger partial charge in [0.1, 0.15) is 11.5 Å². The first-order chi connectivity index (χ1) is 12.0. The highest BCUT2D eigenvalue weighted by Crippen LogP contribution is 2.25. The first-order valence-electron chi connectivity index (χ1n) is 7.59. The van der Waals surface area contributed by atoms with Crippen LogP contribution in [0, 0.1) is 0 Å². The lowest BCUT2D eigenvalue weighted by atomic mass is 10.1. The Balaban J connectivity index is 1.80. The molecule has 0 aliphatic rings. The van der Waals surface area contributed by atoms with Crippen LogP contribution in [0.2, 0.25) is 0 Å². The van der Waals surface area contributed by atoms with Gasteiger partial charge in [0.05, 0.1) is 18.7 Å². The standard InChI is InChI=1S/C18H19BrN2O4/c1-24-14-7-5-13(6-8-14)18(23)21-20-17(22)10-4-12-3-9-16(25-2)15(19)11-12/h3,5-9,11H,4,10H2,1-2H3,(H,20,22)(H,21,23). The minimum atomic E-state index is -0.386. The van der Waals surface area contributed by atoms with Crippen LogP contribution in [0.4, 0.5) is 0 Å². The zero-order valence-electron chi connectivity index (χ0n) is 14.0. The number of hydrogen-bond acceptors (Lipinski definition) is 4. The Bertz CT molecular complexity index is 747. The second kappa shape index (κ2) is 9.08. The van der Waals surface area contributed by atoms with Crippen LogP contribution in [0.5, 0.6) is 11.5 Å². The molecule has 2 aromatic rings. The van der Waals surface area contributed by atoms with Crippen molar-refractivity contribution in [2.24, 2.45) is 0 Å². The van der Waals surface area contributed by atoms with Gasteiger partial charge >= 0.3 is 0 Å². The van der Waals surface area contributed by atoms with Crippen LogP contribution in [0.1, 0.15) is 22.3 Å². The van der Waals surface area contributed by atoms with Gasteiger partial charge in [-0.2, -0.15) is 0 Å². The summed E-state index contributed by atoms with van der Waals surface area (Å²) in [6, 6.07) is 12.2. The molecule has 2 amide bonds. The highest BCUT2D eigenvalue weighted by atomic mass is 79.9. The van der Waals surface area contributed by atoms with Crippen LogP contribution in [-0.4, -0.2) is 26.0 Å². The van der Waals surface area contributed by atoms with E-state index < -0.39 is 0 Å². The molecule has 6 nitrogen and oxygen atoms in total. The van der Waals surface area contributed by atoms with E-state index in [0.717, 1.165) is 15.8 Å². The van der Waals surface area contributed by atoms with Crippen LogP contribution < -0.4 is 20.3 Å². The van der Waals surface area contributed by atoms with Gasteiger partial charge in [-0.05, 0) is 64.3 Å². The lowest BCUT2D eigenvalue weighted by Gasteiger charge is -2.09. The highest BCUT2D eigenvalue weighted by Gasteiger charge is 2.08. The van der Waals surface area contributed by atoms with Crippen molar-refractivity contribution < 1.29 is 19.1 Å². The van der Waals surface area contributed by atoms with Crippen molar-refractivity contribution >= 4 is 27.7 Å². The van der Waals surface area contributed by atoms with E-state index in [9.17, 15) is 9.59 Å². The average molecular weight is 407 g/mol. The molecule has 0 aliphatic carbocycles. The predicted octanol–water partition coefficient (Wildman–Crippen LogP) is 2.86. The minimum Gasteiger partial charge on any atom is -0.497 e. The van der Waals surface area contributed by atoms with Crippen molar-refractivity contribution in [3.8, 4) is 11.5 Å². The van der Waals surface area contributed by atoms with E-state index >= 15 is 0 Å². The molecule has 132 valence electrons. The molecule has 0 saturated carbocycles. The summed E-state index contributed by atoms with van der Waals surface area (Å²) in [4.78, 5) is 23.8. The molecule has 0 aromatic heterocycles. The molecule has 2 rings (SSSR count). The second-order valence-corrected chi connectivity index (χ2v) is 6.05.